The first kappa shape index (κ1) is 15.7. The smallest absolute Gasteiger partial charge is 0.295 e. The Morgan fingerprint density at radius 2 is 1.87 bits per heavy atom. The van der Waals surface area contributed by atoms with E-state index in [1.165, 1.54) is 12.1 Å². The highest BCUT2D eigenvalue weighted by Gasteiger charge is 2.46. The number of Topliss-reactive ketones (excluding diaryl/α,β-unsaturated/α-hetero) is 1. The first-order chi connectivity index (χ1) is 11.1. The van der Waals surface area contributed by atoms with Gasteiger partial charge in [0.15, 0.2) is 0 Å². The third-order valence-corrected chi connectivity index (χ3v) is 4.56. The number of amides is 1. The van der Waals surface area contributed by atoms with Crippen LogP contribution in [0.4, 0.5) is 4.39 Å². The third-order valence-electron chi connectivity index (χ3n) is 4.56. The molecule has 0 radical (unpaired) electrons. The van der Waals surface area contributed by atoms with E-state index in [1.54, 1.807) is 23.1 Å². The Bertz CT molecular complexity index is 675. The number of hydrogen-bond donors (Lipinski definition) is 0. The summed E-state index contributed by atoms with van der Waals surface area (Å²) in [4.78, 5) is 26.3. The maximum Gasteiger partial charge on any atom is 0.295 e. The summed E-state index contributed by atoms with van der Waals surface area (Å²) in [5, 5.41) is 0. The van der Waals surface area contributed by atoms with Crippen molar-refractivity contribution in [3.8, 4) is 0 Å². The van der Waals surface area contributed by atoms with Crippen LogP contribution in [-0.2, 0) is 9.59 Å². The van der Waals surface area contributed by atoms with Crippen molar-refractivity contribution in [1.29, 1.82) is 0 Å². The van der Waals surface area contributed by atoms with Gasteiger partial charge < -0.3 is 4.90 Å². The minimum atomic E-state index is -0.409. The van der Waals surface area contributed by atoms with Crippen molar-refractivity contribution in [1.82, 2.24) is 4.90 Å². The van der Waals surface area contributed by atoms with Gasteiger partial charge in [0.1, 0.15) is 5.82 Å². The number of rotatable bonds is 5. The summed E-state index contributed by atoms with van der Waals surface area (Å²) in [5.41, 5.74) is 1.48. The number of ketones is 1. The molecule has 1 aliphatic heterocycles. The lowest BCUT2D eigenvalue weighted by atomic mass is 9.83. The zero-order valence-corrected chi connectivity index (χ0v) is 13.2. The molecule has 1 fully saturated rings. The summed E-state index contributed by atoms with van der Waals surface area (Å²) in [6.45, 7) is 2.69. The molecule has 1 heterocycles. The molecule has 3 rings (SSSR count). The SMILES string of the molecule is CCCCCN1C(=O)C(=O)C2=CC=CC(c3ccc(F)cc3)C21. The Balaban J connectivity index is 1.91. The number of carbonyl (C=O) groups is 2. The third kappa shape index (κ3) is 2.85. The molecular formula is C19H20FNO2. The van der Waals surface area contributed by atoms with Crippen molar-refractivity contribution in [3.05, 3.63) is 59.4 Å². The second-order valence-corrected chi connectivity index (χ2v) is 6.06. The highest BCUT2D eigenvalue weighted by atomic mass is 19.1. The average molecular weight is 313 g/mol. The van der Waals surface area contributed by atoms with Crippen LogP contribution in [0.15, 0.2) is 48.1 Å². The van der Waals surface area contributed by atoms with E-state index < -0.39 is 11.7 Å². The van der Waals surface area contributed by atoms with Gasteiger partial charge in [0, 0.05) is 18.0 Å². The van der Waals surface area contributed by atoms with E-state index in [9.17, 15) is 14.0 Å². The van der Waals surface area contributed by atoms with Crippen LogP contribution in [-0.4, -0.2) is 29.2 Å². The molecule has 0 bridgehead atoms. The number of allylic oxidation sites excluding steroid dienone is 2. The quantitative estimate of drug-likeness (QED) is 0.617. The van der Waals surface area contributed by atoms with Crippen molar-refractivity contribution in [3.63, 3.8) is 0 Å². The molecule has 1 aromatic carbocycles. The van der Waals surface area contributed by atoms with Gasteiger partial charge in [0.2, 0.25) is 5.78 Å². The topological polar surface area (TPSA) is 37.4 Å². The van der Waals surface area contributed by atoms with Crippen LogP contribution >= 0.6 is 0 Å². The van der Waals surface area contributed by atoms with Gasteiger partial charge in [0.05, 0.1) is 6.04 Å². The maximum absolute atomic E-state index is 13.2. The number of hydrogen-bond acceptors (Lipinski definition) is 2. The molecule has 23 heavy (non-hydrogen) atoms. The van der Waals surface area contributed by atoms with Gasteiger partial charge in [-0.15, -0.1) is 0 Å². The average Bonchev–Trinajstić information content (AvgIpc) is 2.81. The fourth-order valence-electron chi connectivity index (χ4n) is 3.38. The predicted molar refractivity (Wildman–Crippen MR) is 86.4 cm³/mol. The fourth-order valence-corrected chi connectivity index (χ4v) is 3.38. The van der Waals surface area contributed by atoms with Crippen LogP contribution < -0.4 is 0 Å². The molecule has 120 valence electrons. The van der Waals surface area contributed by atoms with Gasteiger partial charge >= 0.3 is 0 Å². The second kappa shape index (κ2) is 6.49. The summed E-state index contributed by atoms with van der Waals surface area (Å²) in [6, 6.07) is 6.03. The second-order valence-electron chi connectivity index (χ2n) is 6.06. The molecule has 2 atom stereocenters. The standard InChI is InChI=1S/C19H20FNO2/c1-2-3-4-12-21-17-15(13-8-10-14(20)11-9-13)6-5-7-16(17)18(22)19(21)23/h5-11,15,17H,2-4,12H2,1H3. The summed E-state index contributed by atoms with van der Waals surface area (Å²) in [7, 11) is 0. The monoisotopic (exact) mass is 313 g/mol. The Morgan fingerprint density at radius 3 is 2.57 bits per heavy atom. The molecule has 0 spiro atoms. The molecule has 0 aromatic heterocycles. The number of benzene rings is 1. The van der Waals surface area contributed by atoms with E-state index in [1.807, 2.05) is 12.2 Å². The lowest BCUT2D eigenvalue weighted by Gasteiger charge is -2.32. The highest BCUT2D eigenvalue weighted by Crippen LogP contribution is 2.37. The van der Waals surface area contributed by atoms with Crippen molar-refractivity contribution in [2.24, 2.45) is 0 Å². The number of nitrogens with zero attached hydrogens (tertiary/aromatic N) is 1. The van der Waals surface area contributed by atoms with Crippen LogP contribution in [0.5, 0.6) is 0 Å². The first-order valence-corrected chi connectivity index (χ1v) is 8.12. The molecule has 1 aliphatic carbocycles. The van der Waals surface area contributed by atoms with Gasteiger partial charge in [-0.2, -0.15) is 0 Å². The van der Waals surface area contributed by atoms with E-state index in [0.29, 0.717) is 12.1 Å². The minimum absolute atomic E-state index is 0.104. The molecule has 1 saturated heterocycles. The summed E-state index contributed by atoms with van der Waals surface area (Å²) < 4.78 is 13.2. The predicted octanol–water partition coefficient (Wildman–Crippen LogP) is 3.38. The van der Waals surface area contributed by atoms with Crippen LogP contribution in [0.2, 0.25) is 0 Å². The Morgan fingerprint density at radius 1 is 1.13 bits per heavy atom. The molecular weight excluding hydrogens is 293 g/mol. The van der Waals surface area contributed by atoms with E-state index in [4.69, 9.17) is 0 Å². The van der Waals surface area contributed by atoms with E-state index in [2.05, 4.69) is 6.92 Å². The van der Waals surface area contributed by atoms with Crippen molar-refractivity contribution in [2.75, 3.05) is 6.54 Å². The molecule has 1 amide bonds. The van der Waals surface area contributed by atoms with Gasteiger partial charge in [0.25, 0.3) is 5.91 Å². The van der Waals surface area contributed by atoms with Crippen LogP contribution in [0.3, 0.4) is 0 Å². The zero-order valence-electron chi connectivity index (χ0n) is 13.2. The number of likely N-dealkylation sites (tertiary alicyclic amines) is 1. The Labute approximate surface area is 135 Å². The first-order valence-electron chi connectivity index (χ1n) is 8.12. The normalized spacial score (nSPS) is 23.2. The van der Waals surface area contributed by atoms with Gasteiger partial charge in [-0.05, 0) is 24.1 Å². The summed E-state index contributed by atoms with van der Waals surface area (Å²) >= 11 is 0. The van der Waals surface area contributed by atoms with Crippen molar-refractivity contribution in [2.45, 2.75) is 38.1 Å². The Kier molecular flexibility index (Phi) is 4.42. The van der Waals surface area contributed by atoms with E-state index >= 15 is 0 Å². The van der Waals surface area contributed by atoms with Gasteiger partial charge in [-0.25, -0.2) is 4.39 Å². The number of unbranched alkanes of at least 4 members (excludes halogenated alkanes) is 2. The molecule has 3 nitrogen and oxygen atoms in total. The van der Waals surface area contributed by atoms with Gasteiger partial charge in [-0.1, -0.05) is 50.1 Å². The van der Waals surface area contributed by atoms with Crippen LogP contribution in [0, 0.1) is 5.82 Å². The van der Waals surface area contributed by atoms with Crippen LogP contribution in [0.25, 0.3) is 0 Å². The summed E-state index contributed by atoms with van der Waals surface area (Å²) in [5.74, 6) is -1.20. The highest BCUT2D eigenvalue weighted by molar-refractivity contribution is 6.45. The van der Waals surface area contributed by atoms with Crippen LogP contribution in [0.1, 0.15) is 37.7 Å². The molecule has 4 heteroatoms. The van der Waals surface area contributed by atoms with Crippen molar-refractivity contribution >= 4 is 11.7 Å². The lowest BCUT2D eigenvalue weighted by Crippen LogP contribution is -2.38. The van der Waals surface area contributed by atoms with Crippen molar-refractivity contribution < 1.29 is 14.0 Å². The number of halogens is 1. The maximum atomic E-state index is 13.2. The zero-order chi connectivity index (χ0) is 16.4. The lowest BCUT2D eigenvalue weighted by molar-refractivity contribution is -0.139. The molecule has 0 saturated carbocycles. The van der Waals surface area contributed by atoms with E-state index in [-0.39, 0.29) is 17.8 Å². The molecule has 2 unspecified atom stereocenters. The molecule has 2 aliphatic rings. The van der Waals surface area contributed by atoms with Gasteiger partial charge in [-0.3, -0.25) is 9.59 Å². The number of fused-ring (bicyclic) bond motifs is 1. The summed E-state index contributed by atoms with van der Waals surface area (Å²) in [6.07, 6.45) is 8.52. The fraction of sp³-hybridized carbons (Fsp3) is 0.368. The molecule has 0 N–H and O–H groups in total. The minimum Gasteiger partial charge on any atom is -0.328 e. The largest absolute Gasteiger partial charge is 0.328 e. The molecule has 1 aromatic rings. The van der Waals surface area contributed by atoms with E-state index in [0.717, 1.165) is 24.8 Å². The Hall–Kier alpha value is -2.23. The number of carbonyl (C=O) groups excluding carboxylic acids is 2.